The second-order valence-electron chi connectivity index (χ2n) is 2.63. The van der Waals surface area contributed by atoms with Gasteiger partial charge in [-0.2, -0.15) is 0 Å². The summed E-state index contributed by atoms with van der Waals surface area (Å²) in [6, 6.07) is 5.36. The van der Waals surface area contributed by atoms with E-state index in [9.17, 15) is 4.79 Å². The van der Waals surface area contributed by atoms with Crippen LogP contribution in [0.2, 0.25) is 0 Å². The van der Waals surface area contributed by atoms with Crippen LogP contribution in [-0.2, 0) is 11.3 Å². The maximum atomic E-state index is 10.5. The standard InChI is InChI=1S/C10H12O3/c1-12-7-8-3-4-9(6-11)10(5-8)13-2/h3-6H,7H2,1-2H3. The normalized spacial score (nSPS) is 9.69. The number of carbonyl (C=O) groups is 1. The Hall–Kier alpha value is -1.35. The van der Waals surface area contributed by atoms with E-state index in [2.05, 4.69) is 0 Å². The molecule has 0 atom stereocenters. The van der Waals surface area contributed by atoms with Crippen LogP contribution in [0.3, 0.4) is 0 Å². The second-order valence-corrected chi connectivity index (χ2v) is 2.63. The summed E-state index contributed by atoms with van der Waals surface area (Å²) >= 11 is 0. The van der Waals surface area contributed by atoms with Gasteiger partial charge in [0.2, 0.25) is 0 Å². The molecule has 0 heterocycles. The van der Waals surface area contributed by atoms with Crippen LogP contribution in [-0.4, -0.2) is 20.5 Å². The van der Waals surface area contributed by atoms with E-state index < -0.39 is 0 Å². The van der Waals surface area contributed by atoms with E-state index in [1.165, 1.54) is 0 Å². The van der Waals surface area contributed by atoms with Gasteiger partial charge in [-0.25, -0.2) is 0 Å². The van der Waals surface area contributed by atoms with Crippen LogP contribution < -0.4 is 4.74 Å². The molecule has 1 aromatic rings. The summed E-state index contributed by atoms with van der Waals surface area (Å²) in [5.74, 6) is 0.588. The van der Waals surface area contributed by atoms with E-state index in [1.807, 2.05) is 6.07 Å². The van der Waals surface area contributed by atoms with Crippen molar-refractivity contribution in [3.05, 3.63) is 29.3 Å². The van der Waals surface area contributed by atoms with Crippen molar-refractivity contribution in [1.29, 1.82) is 0 Å². The van der Waals surface area contributed by atoms with Crippen molar-refractivity contribution in [2.75, 3.05) is 14.2 Å². The largest absolute Gasteiger partial charge is 0.496 e. The minimum absolute atomic E-state index is 0.523. The average molecular weight is 180 g/mol. The van der Waals surface area contributed by atoms with Gasteiger partial charge in [-0.3, -0.25) is 4.79 Å². The fourth-order valence-electron chi connectivity index (χ4n) is 1.11. The van der Waals surface area contributed by atoms with Crippen LogP contribution in [0.15, 0.2) is 18.2 Å². The molecule has 0 amide bonds. The summed E-state index contributed by atoms with van der Waals surface area (Å²) in [6.45, 7) is 0.523. The van der Waals surface area contributed by atoms with E-state index >= 15 is 0 Å². The third kappa shape index (κ3) is 2.29. The summed E-state index contributed by atoms with van der Waals surface area (Å²) in [6.07, 6.45) is 0.773. The Kier molecular flexibility index (Phi) is 3.46. The summed E-state index contributed by atoms with van der Waals surface area (Å²) in [7, 11) is 3.17. The molecular weight excluding hydrogens is 168 g/mol. The second kappa shape index (κ2) is 4.62. The molecule has 0 saturated carbocycles. The lowest BCUT2D eigenvalue weighted by molar-refractivity contribution is 0.112. The molecule has 0 radical (unpaired) electrons. The Morgan fingerprint density at radius 1 is 1.38 bits per heavy atom. The minimum Gasteiger partial charge on any atom is -0.496 e. The third-order valence-corrected chi connectivity index (χ3v) is 1.74. The van der Waals surface area contributed by atoms with Crippen molar-refractivity contribution in [1.82, 2.24) is 0 Å². The lowest BCUT2D eigenvalue weighted by atomic mass is 10.1. The molecule has 70 valence electrons. The van der Waals surface area contributed by atoms with Crippen molar-refractivity contribution in [3.63, 3.8) is 0 Å². The van der Waals surface area contributed by atoms with Gasteiger partial charge in [-0.1, -0.05) is 6.07 Å². The zero-order chi connectivity index (χ0) is 9.68. The van der Waals surface area contributed by atoms with Gasteiger partial charge in [0.1, 0.15) is 5.75 Å². The van der Waals surface area contributed by atoms with Gasteiger partial charge in [0, 0.05) is 7.11 Å². The highest BCUT2D eigenvalue weighted by molar-refractivity contribution is 5.79. The van der Waals surface area contributed by atoms with Crippen LogP contribution >= 0.6 is 0 Å². The molecule has 1 rings (SSSR count). The zero-order valence-corrected chi connectivity index (χ0v) is 7.74. The first kappa shape index (κ1) is 9.74. The summed E-state index contributed by atoms with van der Waals surface area (Å²) in [5, 5.41) is 0. The number of hydrogen-bond donors (Lipinski definition) is 0. The molecule has 0 aliphatic rings. The maximum Gasteiger partial charge on any atom is 0.153 e. The Labute approximate surface area is 77.3 Å². The summed E-state index contributed by atoms with van der Waals surface area (Å²) in [5.41, 5.74) is 1.55. The van der Waals surface area contributed by atoms with Crippen LogP contribution in [0.25, 0.3) is 0 Å². The van der Waals surface area contributed by atoms with E-state index in [1.54, 1.807) is 26.4 Å². The molecule has 3 nitrogen and oxygen atoms in total. The van der Waals surface area contributed by atoms with Gasteiger partial charge in [0.05, 0.1) is 19.3 Å². The molecule has 0 fully saturated rings. The number of rotatable bonds is 4. The fraction of sp³-hybridized carbons (Fsp3) is 0.300. The number of hydrogen-bond acceptors (Lipinski definition) is 3. The third-order valence-electron chi connectivity index (χ3n) is 1.74. The number of methoxy groups -OCH3 is 2. The predicted molar refractivity (Wildman–Crippen MR) is 49.1 cm³/mol. The van der Waals surface area contributed by atoms with Crippen molar-refractivity contribution >= 4 is 6.29 Å². The zero-order valence-electron chi connectivity index (χ0n) is 7.74. The van der Waals surface area contributed by atoms with E-state index in [0.717, 1.165) is 11.8 Å². The number of ether oxygens (including phenoxy) is 2. The molecule has 0 saturated heterocycles. The highest BCUT2D eigenvalue weighted by Gasteiger charge is 2.02. The van der Waals surface area contributed by atoms with Crippen molar-refractivity contribution in [2.45, 2.75) is 6.61 Å². The van der Waals surface area contributed by atoms with Crippen LogP contribution in [0.1, 0.15) is 15.9 Å². The van der Waals surface area contributed by atoms with Gasteiger partial charge in [0.15, 0.2) is 6.29 Å². The summed E-state index contributed by atoms with van der Waals surface area (Å²) in [4.78, 5) is 10.5. The molecule has 1 aromatic carbocycles. The molecular formula is C10H12O3. The monoisotopic (exact) mass is 180 g/mol. The Balaban J connectivity index is 2.98. The van der Waals surface area contributed by atoms with Gasteiger partial charge < -0.3 is 9.47 Å². The molecule has 0 spiro atoms. The maximum absolute atomic E-state index is 10.5. The minimum atomic E-state index is 0.523. The first-order valence-electron chi connectivity index (χ1n) is 3.93. The van der Waals surface area contributed by atoms with Crippen molar-refractivity contribution in [2.24, 2.45) is 0 Å². The molecule has 3 heteroatoms. The van der Waals surface area contributed by atoms with Gasteiger partial charge >= 0.3 is 0 Å². The van der Waals surface area contributed by atoms with Crippen LogP contribution in [0, 0.1) is 0 Å². The summed E-state index contributed by atoms with van der Waals surface area (Å²) < 4.78 is 9.99. The topological polar surface area (TPSA) is 35.5 Å². The first-order valence-corrected chi connectivity index (χ1v) is 3.93. The fourth-order valence-corrected chi connectivity index (χ4v) is 1.11. The number of benzene rings is 1. The highest BCUT2D eigenvalue weighted by atomic mass is 16.5. The highest BCUT2D eigenvalue weighted by Crippen LogP contribution is 2.18. The van der Waals surface area contributed by atoms with E-state index in [4.69, 9.17) is 9.47 Å². The van der Waals surface area contributed by atoms with E-state index in [0.29, 0.717) is 17.9 Å². The SMILES string of the molecule is COCc1ccc(C=O)c(OC)c1. The average Bonchev–Trinajstić information content (AvgIpc) is 2.18. The lowest BCUT2D eigenvalue weighted by Crippen LogP contribution is -1.93. The lowest BCUT2D eigenvalue weighted by Gasteiger charge is -2.05. The Morgan fingerprint density at radius 3 is 2.69 bits per heavy atom. The molecule has 0 aliphatic carbocycles. The van der Waals surface area contributed by atoms with Gasteiger partial charge in [0.25, 0.3) is 0 Å². The first-order chi connectivity index (χ1) is 6.31. The van der Waals surface area contributed by atoms with Crippen molar-refractivity contribution in [3.8, 4) is 5.75 Å². The van der Waals surface area contributed by atoms with Gasteiger partial charge in [-0.05, 0) is 17.7 Å². The van der Waals surface area contributed by atoms with Crippen LogP contribution in [0.4, 0.5) is 0 Å². The van der Waals surface area contributed by atoms with E-state index in [-0.39, 0.29) is 0 Å². The molecule has 0 bridgehead atoms. The number of carbonyl (C=O) groups excluding carboxylic acids is 1. The quantitative estimate of drug-likeness (QED) is 0.661. The molecule has 0 aromatic heterocycles. The Bertz CT molecular complexity index is 294. The number of aldehydes is 1. The molecule has 0 unspecified atom stereocenters. The Morgan fingerprint density at radius 2 is 2.15 bits per heavy atom. The van der Waals surface area contributed by atoms with Crippen molar-refractivity contribution < 1.29 is 14.3 Å². The molecule has 0 aliphatic heterocycles. The van der Waals surface area contributed by atoms with Crippen LogP contribution in [0.5, 0.6) is 5.75 Å². The molecule has 13 heavy (non-hydrogen) atoms. The smallest absolute Gasteiger partial charge is 0.153 e. The molecule has 0 N–H and O–H groups in total. The predicted octanol–water partition coefficient (Wildman–Crippen LogP) is 1.65. The van der Waals surface area contributed by atoms with Gasteiger partial charge in [-0.15, -0.1) is 0 Å².